The van der Waals surface area contributed by atoms with Gasteiger partial charge in [0, 0.05) is 0 Å². The molecule has 0 aliphatic rings. The molecule has 0 unspecified atom stereocenters. The molecular weight excluding hydrogens is 292 g/mol. The zero-order chi connectivity index (χ0) is 14.6. The van der Waals surface area contributed by atoms with E-state index in [-0.39, 0.29) is 11.9 Å². The number of rotatable bonds is 2. The highest BCUT2D eigenvalue weighted by atomic mass is 31.3. The molecule has 1 rings (SSSR count). The smallest absolute Gasteiger partial charge is 0.368 e. The molecule has 0 saturated heterocycles. The summed E-state index contributed by atoms with van der Waals surface area (Å²) in [5.74, 6) is 0.875. The fraction of sp³-hybridized carbons (Fsp3) is 0.250. The van der Waals surface area contributed by atoms with E-state index in [1.54, 1.807) is 6.92 Å². The normalized spacial score (nSPS) is 11.6. The molecule has 0 radical (unpaired) electrons. The molecule has 12 nitrogen and oxygen atoms in total. The number of hydrogen-bond donors (Lipinski definition) is 6. The third-order valence-electron chi connectivity index (χ3n) is 0.995. The molecule has 1 aromatic rings. The third-order valence-corrected chi connectivity index (χ3v) is 2.70. The summed E-state index contributed by atoms with van der Waals surface area (Å²) in [4.78, 5) is 42.0. The summed E-state index contributed by atoms with van der Waals surface area (Å²) in [6, 6.07) is 0. The van der Waals surface area contributed by atoms with Crippen LogP contribution in [0.4, 0.5) is 11.9 Å². The van der Waals surface area contributed by atoms with Gasteiger partial charge < -0.3 is 31.0 Å². The average molecular weight is 303 g/mol. The van der Waals surface area contributed by atoms with E-state index in [9.17, 15) is 9.13 Å². The van der Waals surface area contributed by atoms with Crippen molar-refractivity contribution in [3.63, 3.8) is 0 Å². The molecule has 1 aromatic heterocycles. The van der Waals surface area contributed by atoms with Gasteiger partial charge in [0.05, 0.1) is 0 Å². The predicted molar refractivity (Wildman–Crippen MR) is 58.6 cm³/mol. The number of hydrogen-bond acceptors (Lipinski definition) is 8. The highest BCUT2D eigenvalue weighted by Gasteiger charge is 2.27. The van der Waals surface area contributed by atoms with E-state index in [1.807, 2.05) is 0 Å². The van der Waals surface area contributed by atoms with Crippen molar-refractivity contribution >= 4 is 27.5 Å². The van der Waals surface area contributed by atoms with Crippen LogP contribution in [0.25, 0.3) is 0 Å². The van der Waals surface area contributed by atoms with E-state index in [4.69, 9.17) is 31.0 Å². The van der Waals surface area contributed by atoms with Gasteiger partial charge in [-0.1, -0.05) is 0 Å². The molecule has 0 aliphatic heterocycles. The van der Waals surface area contributed by atoms with Gasteiger partial charge in [0.2, 0.25) is 11.9 Å². The van der Waals surface area contributed by atoms with Crippen molar-refractivity contribution in [2.24, 2.45) is 0 Å². The van der Waals surface area contributed by atoms with E-state index in [0.29, 0.717) is 5.82 Å². The summed E-state index contributed by atoms with van der Waals surface area (Å²) < 4.78 is 22.2. The molecule has 14 heteroatoms. The van der Waals surface area contributed by atoms with Crippen LogP contribution in [0.1, 0.15) is 5.82 Å². The summed E-state index contributed by atoms with van der Waals surface area (Å²) >= 11 is 0. The molecule has 0 aliphatic carbocycles. The standard InChI is InChI=1S/C4H7N5.H4O7P2/c1-2-7-3(5)9-4(6)8-2;1-8(2,3)7-9(4,5)6/h1H3,(H4,5,6,7,8,9);(H2,1,2,3)(H2,4,5,6). The van der Waals surface area contributed by atoms with Crippen molar-refractivity contribution in [3.8, 4) is 0 Å². The zero-order valence-corrected chi connectivity index (χ0v) is 10.7. The van der Waals surface area contributed by atoms with Gasteiger partial charge in [0.25, 0.3) is 0 Å². The maximum Gasteiger partial charge on any atom is 0.478 e. The minimum Gasteiger partial charge on any atom is -0.368 e. The minimum atomic E-state index is -5.05. The Morgan fingerprint density at radius 1 is 0.944 bits per heavy atom. The maximum absolute atomic E-state index is 9.63. The topological polar surface area (TPSA) is 215 Å². The second-order valence-electron chi connectivity index (χ2n) is 2.66. The van der Waals surface area contributed by atoms with E-state index in [2.05, 4.69) is 19.3 Å². The first-order valence-corrected chi connectivity index (χ1v) is 7.01. The highest BCUT2D eigenvalue weighted by Crippen LogP contribution is 2.53. The molecule has 0 atom stereocenters. The Bertz CT molecular complexity index is 426. The fourth-order valence-corrected chi connectivity index (χ4v) is 1.77. The van der Waals surface area contributed by atoms with E-state index >= 15 is 0 Å². The molecule has 1 heterocycles. The molecule has 18 heavy (non-hydrogen) atoms. The van der Waals surface area contributed by atoms with E-state index < -0.39 is 15.6 Å². The number of nitrogens with two attached hydrogens (primary N) is 2. The van der Waals surface area contributed by atoms with Gasteiger partial charge in [-0.3, -0.25) is 0 Å². The first-order valence-electron chi connectivity index (χ1n) is 3.95. The second-order valence-corrected chi connectivity index (χ2v) is 5.28. The van der Waals surface area contributed by atoms with Crippen LogP contribution >= 0.6 is 15.6 Å². The van der Waals surface area contributed by atoms with Gasteiger partial charge in [0.1, 0.15) is 5.82 Å². The van der Waals surface area contributed by atoms with Crippen molar-refractivity contribution in [1.82, 2.24) is 15.0 Å². The maximum atomic E-state index is 9.63. The molecule has 8 N–H and O–H groups in total. The zero-order valence-electron chi connectivity index (χ0n) is 8.90. The number of anilines is 2. The fourth-order valence-electron chi connectivity index (χ4n) is 0.662. The summed E-state index contributed by atoms with van der Waals surface area (Å²) in [6.45, 7) is 1.70. The minimum absolute atomic E-state index is 0.167. The Hall–Kier alpha value is -1.13. The molecular formula is C4H11N5O7P2. The summed E-state index contributed by atoms with van der Waals surface area (Å²) in [5, 5.41) is 0. The first-order chi connectivity index (χ1) is 7.89. The Morgan fingerprint density at radius 2 is 1.28 bits per heavy atom. The van der Waals surface area contributed by atoms with Gasteiger partial charge in [0.15, 0.2) is 0 Å². The van der Waals surface area contributed by atoms with Crippen LogP contribution in [0.15, 0.2) is 0 Å². The van der Waals surface area contributed by atoms with Crippen LogP contribution in [0.3, 0.4) is 0 Å². The molecule has 0 bridgehead atoms. The Morgan fingerprint density at radius 3 is 1.44 bits per heavy atom. The lowest BCUT2D eigenvalue weighted by Gasteiger charge is -2.03. The molecule has 104 valence electrons. The summed E-state index contributed by atoms with van der Waals surface area (Å²) in [5.41, 5.74) is 10.4. The Labute approximate surface area is 101 Å². The lowest BCUT2D eigenvalue weighted by atomic mass is 10.7. The lowest BCUT2D eigenvalue weighted by Crippen LogP contribution is -2.03. The first kappa shape index (κ1) is 16.9. The third kappa shape index (κ3) is 10.1. The molecule has 0 amide bonds. The summed E-state index contributed by atoms with van der Waals surface area (Å²) in [7, 11) is -10.1. The molecule has 0 fully saturated rings. The van der Waals surface area contributed by atoms with E-state index in [1.165, 1.54) is 0 Å². The van der Waals surface area contributed by atoms with Gasteiger partial charge in [-0.05, 0) is 6.92 Å². The van der Waals surface area contributed by atoms with Crippen LogP contribution in [0.5, 0.6) is 0 Å². The Balaban J connectivity index is 0.000000321. The largest absolute Gasteiger partial charge is 0.478 e. The second kappa shape index (κ2) is 6.16. The predicted octanol–water partition coefficient (Wildman–Crippen LogP) is -1.47. The van der Waals surface area contributed by atoms with Crippen molar-refractivity contribution in [3.05, 3.63) is 5.82 Å². The van der Waals surface area contributed by atoms with Gasteiger partial charge in [-0.15, -0.1) is 0 Å². The van der Waals surface area contributed by atoms with Crippen molar-refractivity contribution < 1.29 is 33.0 Å². The number of nitrogen functional groups attached to an aromatic ring is 2. The van der Waals surface area contributed by atoms with Crippen molar-refractivity contribution in [2.45, 2.75) is 6.92 Å². The van der Waals surface area contributed by atoms with Crippen molar-refractivity contribution in [1.29, 1.82) is 0 Å². The van der Waals surface area contributed by atoms with Crippen LogP contribution < -0.4 is 11.5 Å². The Kier molecular flexibility index (Phi) is 5.77. The molecule has 0 aromatic carbocycles. The number of aromatic nitrogens is 3. The van der Waals surface area contributed by atoms with Crippen LogP contribution in [-0.2, 0) is 13.4 Å². The number of phosphoric acid groups is 2. The average Bonchev–Trinajstić information content (AvgIpc) is 1.92. The lowest BCUT2D eigenvalue weighted by molar-refractivity contribution is 0.225. The van der Waals surface area contributed by atoms with Gasteiger partial charge >= 0.3 is 15.6 Å². The van der Waals surface area contributed by atoms with Gasteiger partial charge in [-0.25, -0.2) is 9.13 Å². The number of aryl methyl sites for hydroxylation is 1. The van der Waals surface area contributed by atoms with E-state index in [0.717, 1.165) is 0 Å². The molecule has 0 saturated carbocycles. The number of nitrogens with zero attached hydrogens (tertiary/aromatic N) is 3. The monoisotopic (exact) mass is 303 g/mol. The molecule has 0 spiro atoms. The summed E-state index contributed by atoms with van der Waals surface area (Å²) in [6.07, 6.45) is 0. The highest BCUT2D eigenvalue weighted by molar-refractivity contribution is 7.60. The quantitative estimate of drug-likeness (QED) is 0.345. The van der Waals surface area contributed by atoms with Crippen LogP contribution in [-0.4, -0.2) is 34.5 Å². The van der Waals surface area contributed by atoms with Crippen LogP contribution in [0.2, 0.25) is 0 Å². The van der Waals surface area contributed by atoms with Crippen LogP contribution in [0, 0.1) is 6.92 Å². The SMILES string of the molecule is Cc1nc(N)nc(N)n1.O=P(O)(O)OP(=O)(O)O. The van der Waals surface area contributed by atoms with Crippen molar-refractivity contribution in [2.75, 3.05) is 11.5 Å². The van der Waals surface area contributed by atoms with Gasteiger partial charge in [-0.2, -0.15) is 19.3 Å².